The molecule has 0 saturated heterocycles. The normalized spacial score (nSPS) is 22.4. The van der Waals surface area contributed by atoms with Gasteiger partial charge in [-0.25, -0.2) is 0 Å². The predicted octanol–water partition coefficient (Wildman–Crippen LogP) is 2.06. The highest BCUT2D eigenvalue weighted by atomic mass is 35.5. The van der Waals surface area contributed by atoms with Crippen LogP contribution in [0.15, 0.2) is 18.2 Å². The smallest absolute Gasteiger partial charge is 0.275 e. The Kier molecular flexibility index (Phi) is 6.72. The number of halogens is 1. The highest BCUT2D eigenvalue weighted by Gasteiger charge is 2.24. The van der Waals surface area contributed by atoms with E-state index in [2.05, 4.69) is 12.2 Å². The van der Waals surface area contributed by atoms with Crippen LogP contribution < -0.4 is 15.0 Å². The summed E-state index contributed by atoms with van der Waals surface area (Å²) in [4.78, 5) is 13.4. The monoisotopic (exact) mass is 339 g/mol. The summed E-state index contributed by atoms with van der Waals surface area (Å²) in [6.07, 6.45) is 4.83. The van der Waals surface area contributed by atoms with E-state index in [1.807, 2.05) is 25.2 Å². The standard InChI is InChI=1S/C18H27ClN2O2/c1-13-6-4-5-7-16(13)20-18(22)12-21(2)11-14-10-15(19)8-9-17(14)23-3/h8-10,13,16H,4-7,11-12H2,1-3H3,(H,20,22)/p+1/t13-,16-/m1/s1. The molecule has 1 fully saturated rings. The number of quaternary nitrogens is 1. The van der Waals surface area contributed by atoms with E-state index in [1.54, 1.807) is 7.11 Å². The molecule has 0 aliphatic heterocycles. The number of likely N-dealkylation sites (N-methyl/N-ethyl adjacent to an activating group) is 1. The van der Waals surface area contributed by atoms with Crippen molar-refractivity contribution in [1.29, 1.82) is 0 Å². The SMILES string of the molecule is COc1ccc(Cl)cc1C[NH+](C)CC(=O)N[C@@H]1CCCC[C@H]1C. The lowest BCUT2D eigenvalue weighted by atomic mass is 9.86. The number of rotatable bonds is 6. The second-order valence-corrected chi connectivity index (χ2v) is 7.14. The Labute approximate surface area is 144 Å². The molecule has 1 unspecified atom stereocenters. The first-order valence-electron chi connectivity index (χ1n) is 8.42. The summed E-state index contributed by atoms with van der Waals surface area (Å²) in [5.41, 5.74) is 1.02. The van der Waals surface area contributed by atoms with Gasteiger partial charge in [0, 0.05) is 16.6 Å². The van der Waals surface area contributed by atoms with Crippen LogP contribution in [-0.2, 0) is 11.3 Å². The molecule has 1 aliphatic rings. The van der Waals surface area contributed by atoms with Crippen LogP contribution in [0.4, 0.5) is 0 Å². The lowest BCUT2D eigenvalue weighted by Gasteiger charge is -2.29. The van der Waals surface area contributed by atoms with Gasteiger partial charge in [-0.2, -0.15) is 0 Å². The fourth-order valence-corrected chi connectivity index (χ4v) is 3.53. The molecule has 0 radical (unpaired) electrons. The van der Waals surface area contributed by atoms with Crippen molar-refractivity contribution in [2.24, 2.45) is 5.92 Å². The first-order chi connectivity index (χ1) is 11.0. The van der Waals surface area contributed by atoms with Crippen LogP contribution in [-0.4, -0.2) is 32.7 Å². The van der Waals surface area contributed by atoms with Gasteiger partial charge in [0.25, 0.3) is 5.91 Å². The maximum atomic E-state index is 12.3. The summed E-state index contributed by atoms with van der Waals surface area (Å²) >= 11 is 6.06. The molecule has 0 heterocycles. The number of methoxy groups -OCH3 is 1. The minimum Gasteiger partial charge on any atom is -0.496 e. The van der Waals surface area contributed by atoms with Crippen LogP contribution >= 0.6 is 11.6 Å². The van der Waals surface area contributed by atoms with Crippen molar-refractivity contribution in [1.82, 2.24) is 5.32 Å². The maximum Gasteiger partial charge on any atom is 0.275 e. The first kappa shape index (κ1) is 18.1. The van der Waals surface area contributed by atoms with E-state index in [-0.39, 0.29) is 5.91 Å². The van der Waals surface area contributed by atoms with Crippen LogP contribution in [0.25, 0.3) is 0 Å². The number of benzene rings is 1. The molecular weight excluding hydrogens is 312 g/mol. The number of carbonyl (C=O) groups excluding carboxylic acids is 1. The van der Waals surface area contributed by atoms with Crippen LogP contribution in [0.1, 0.15) is 38.2 Å². The number of hydrogen-bond acceptors (Lipinski definition) is 2. The average Bonchev–Trinajstić information content (AvgIpc) is 2.49. The molecular formula is C18H28ClN2O2+. The van der Waals surface area contributed by atoms with Crippen molar-refractivity contribution in [3.8, 4) is 5.75 Å². The van der Waals surface area contributed by atoms with Crippen molar-refractivity contribution in [2.45, 2.75) is 45.2 Å². The molecule has 2 rings (SSSR count). The summed E-state index contributed by atoms with van der Waals surface area (Å²) in [5.74, 6) is 1.53. The van der Waals surface area contributed by atoms with Gasteiger partial charge >= 0.3 is 0 Å². The first-order valence-corrected chi connectivity index (χ1v) is 8.80. The van der Waals surface area contributed by atoms with Crippen molar-refractivity contribution in [2.75, 3.05) is 20.7 Å². The lowest BCUT2D eigenvalue weighted by Crippen LogP contribution is -3.09. The predicted molar refractivity (Wildman–Crippen MR) is 93.0 cm³/mol. The number of amides is 1. The van der Waals surface area contributed by atoms with E-state index in [4.69, 9.17) is 16.3 Å². The van der Waals surface area contributed by atoms with E-state index < -0.39 is 0 Å². The van der Waals surface area contributed by atoms with Crippen LogP contribution in [0, 0.1) is 5.92 Å². The third-order valence-electron chi connectivity index (χ3n) is 4.65. The van der Waals surface area contributed by atoms with Gasteiger partial charge in [0.05, 0.1) is 14.2 Å². The molecule has 0 aromatic heterocycles. The Bertz CT molecular complexity index is 536. The third-order valence-corrected chi connectivity index (χ3v) is 4.89. The Morgan fingerprint density at radius 3 is 2.83 bits per heavy atom. The Hall–Kier alpha value is -1.26. The zero-order valence-electron chi connectivity index (χ0n) is 14.3. The summed E-state index contributed by atoms with van der Waals surface area (Å²) in [6, 6.07) is 5.93. The summed E-state index contributed by atoms with van der Waals surface area (Å²) < 4.78 is 5.37. The molecule has 2 N–H and O–H groups in total. The second kappa shape index (κ2) is 8.55. The molecule has 1 aromatic rings. The summed E-state index contributed by atoms with van der Waals surface area (Å²) in [6.45, 7) is 3.40. The van der Waals surface area contributed by atoms with Crippen LogP contribution in [0.3, 0.4) is 0 Å². The molecule has 1 aliphatic carbocycles. The Morgan fingerprint density at radius 1 is 1.39 bits per heavy atom. The molecule has 1 aromatic carbocycles. The summed E-state index contributed by atoms with van der Waals surface area (Å²) in [7, 11) is 3.67. The number of ether oxygens (including phenoxy) is 1. The molecule has 5 heteroatoms. The molecule has 3 atom stereocenters. The van der Waals surface area contributed by atoms with Crippen LogP contribution in [0.5, 0.6) is 5.75 Å². The minimum atomic E-state index is 0.127. The zero-order valence-corrected chi connectivity index (χ0v) is 15.1. The molecule has 0 spiro atoms. The van der Waals surface area contributed by atoms with E-state index in [0.29, 0.717) is 30.1 Å². The second-order valence-electron chi connectivity index (χ2n) is 6.70. The summed E-state index contributed by atoms with van der Waals surface area (Å²) in [5, 5.41) is 3.90. The Balaban J connectivity index is 1.87. The van der Waals surface area contributed by atoms with Gasteiger partial charge in [0.2, 0.25) is 0 Å². The topological polar surface area (TPSA) is 42.8 Å². The average molecular weight is 340 g/mol. The van der Waals surface area contributed by atoms with Gasteiger partial charge in [0.15, 0.2) is 6.54 Å². The molecule has 1 saturated carbocycles. The highest BCUT2D eigenvalue weighted by Crippen LogP contribution is 2.23. The molecule has 1 amide bonds. The lowest BCUT2D eigenvalue weighted by molar-refractivity contribution is -0.885. The van der Waals surface area contributed by atoms with Gasteiger partial charge in [-0.05, 0) is 37.0 Å². The van der Waals surface area contributed by atoms with Crippen molar-refractivity contribution >= 4 is 17.5 Å². The van der Waals surface area contributed by atoms with E-state index >= 15 is 0 Å². The van der Waals surface area contributed by atoms with Crippen molar-refractivity contribution in [3.05, 3.63) is 28.8 Å². The Morgan fingerprint density at radius 2 is 2.13 bits per heavy atom. The van der Waals surface area contributed by atoms with Crippen molar-refractivity contribution < 1.29 is 14.4 Å². The number of hydrogen-bond donors (Lipinski definition) is 2. The molecule has 0 bridgehead atoms. The van der Waals surface area contributed by atoms with E-state index in [9.17, 15) is 4.79 Å². The van der Waals surface area contributed by atoms with E-state index in [0.717, 1.165) is 22.6 Å². The largest absolute Gasteiger partial charge is 0.496 e. The minimum absolute atomic E-state index is 0.127. The van der Waals surface area contributed by atoms with Gasteiger partial charge in [-0.3, -0.25) is 4.79 Å². The quantitative estimate of drug-likeness (QED) is 0.833. The molecule has 4 nitrogen and oxygen atoms in total. The number of nitrogens with one attached hydrogen (secondary N) is 2. The van der Waals surface area contributed by atoms with E-state index in [1.165, 1.54) is 19.3 Å². The molecule has 23 heavy (non-hydrogen) atoms. The fourth-order valence-electron chi connectivity index (χ4n) is 3.34. The number of carbonyl (C=O) groups is 1. The fraction of sp³-hybridized carbons (Fsp3) is 0.611. The third kappa shape index (κ3) is 5.40. The van der Waals surface area contributed by atoms with Gasteiger partial charge < -0.3 is 15.0 Å². The van der Waals surface area contributed by atoms with Gasteiger partial charge in [-0.15, -0.1) is 0 Å². The van der Waals surface area contributed by atoms with Crippen LogP contribution in [0.2, 0.25) is 5.02 Å². The zero-order chi connectivity index (χ0) is 16.8. The van der Waals surface area contributed by atoms with Gasteiger partial charge in [0.1, 0.15) is 12.3 Å². The van der Waals surface area contributed by atoms with Gasteiger partial charge in [-0.1, -0.05) is 31.4 Å². The van der Waals surface area contributed by atoms with Crippen molar-refractivity contribution in [3.63, 3.8) is 0 Å². The maximum absolute atomic E-state index is 12.3. The molecule has 128 valence electrons. The highest BCUT2D eigenvalue weighted by molar-refractivity contribution is 6.30.